The predicted octanol–water partition coefficient (Wildman–Crippen LogP) is 2.31. The molecule has 1 rings (SSSR count). The van der Waals surface area contributed by atoms with E-state index < -0.39 is 5.97 Å². The highest BCUT2D eigenvalue weighted by Crippen LogP contribution is 2.18. The Kier molecular flexibility index (Phi) is 3.08. The molecular formula is C8H11BrN2O2. The Bertz CT molecular complexity index is 322. The fourth-order valence-corrected chi connectivity index (χ4v) is 1.39. The second kappa shape index (κ2) is 3.91. The number of carboxylic acid groups (broad SMARTS) is 1. The van der Waals surface area contributed by atoms with E-state index in [2.05, 4.69) is 21.0 Å². The van der Waals surface area contributed by atoms with Crippen LogP contribution in [0.25, 0.3) is 0 Å². The van der Waals surface area contributed by atoms with Gasteiger partial charge in [0.15, 0.2) is 5.69 Å². The van der Waals surface area contributed by atoms with Gasteiger partial charge in [0.1, 0.15) is 0 Å². The van der Waals surface area contributed by atoms with Gasteiger partial charge in [-0.3, -0.25) is 4.68 Å². The summed E-state index contributed by atoms with van der Waals surface area (Å²) < 4.78 is 2.19. The summed E-state index contributed by atoms with van der Waals surface area (Å²) in [6.07, 6.45) is 2.62. The third-order valence-electron chi connectivity index (χ3n) is 1.93. The standard InChI is InChI=1S/C8H11BrN2O2/c1-3-5(2)11-4-6(9)7(10-11)8(12)13/h4-5H,3H2,1-2H3,(H,12,13). The Balaban J connectivity index is 3.01. The van der Waals surface area contributed by atoms with E-state index >= 15 is 0 Å². The lowest BCUT2D eigenvalue weighted by Crippen LogP contribution is -2.06. The number of aromatic nitrogens is 2. The van der Waals surface area contributed by atoms with E-state index in [0.29, 0.717) is 4.47 Å². The third kappa shape index (κ3) is 2.09. The first-order valence-corrected chi connectivity index (χ1v) is 4.83. The minimum absolute atomic E-state index is 0.0697. The molecule has 5 heteroatoms. The van der Waals surface area contributed by atoms with Gasteiger partial charge in [-0.2, -0.15) is 5.10 Å². The number of hydrogen-bond acceptors (Lipinski definition) is 2. The molecule has 0 aliphatic carbocycles. The fraction of sp³-hybridized carbons (Fsp3) is 0.500. The Morgan fingerprint density at radius 1 is 1.85 bits per heavy atom. The van der Waals surface area contributed by atoms with Crippen LogP contribution < -0.4 is 0 Å². The summed E-state index contributed by atoms with van der Waals surface area (Å²) in [5.74, 6) is -1.01. The molecule has 1 aromatic rings. The number of aromatic carboxylic acids is 1. The van der Waals surface area contributed by atoms with Crippen LogP contribution in [0.1, 0.15) is 36.8 Å². The van der Waals surface area contributed by atoms with E-state index in [4.69, 9.17) is 5.11 Å². The van der Waals surface area contributed by atoms with Crippen molar-refractivity contribution in [2.24, 2.45) is 0 Å². The molecule has 0 saturated heterocycles. The maximum atomic E-state index is 10.6. The molecule has 1 aromatic heterocycles. The van der Waals surface area contributed by atoms with E-state index in [1.54, 1.807) is 10.9 Å². The van der Waals surface area contributed by atoms with Crippen molar-refractivity contribution in [1.29, 1.82) is 0 Å². The van der Waals surface area contributed by atoms with Crippen molar-refractivity contribution >= 4 is 21.9 Å². The van der Waals surface area contributed by atoms with Gasteiger partial charge < -0.3 is 5.11 Å². The molecular weight excluding hydrogens is 236 g/mol. The summed E-state index contributed by atoms with van der Waals surface area (Å²) in [6, 6.07) is 0.226. The van der Waals surface area contributed by atoms with Crippen molar-refractivity contribution in [3.8, 4) is 0 Å². The fourth-order valence-electron chi connectivity index (χ4n) is 0.927. The van der Waals surface area contributed by atoms with Crippen molar-refractivity contribution < 1.29 is 9.90 Å². The van der Waals surface area contributed by atoms with Gasteiger partial charge in [-0.25, -0.2) is 4.79 Å². The van der Waals surface area contributed by atoms with Crippen LogP contribution in [0.2, 0.25) is 0 Å². The number of hydrogen-bond donors (Lipinski definition) is 1. The van der Waals surface area contributed by atoms with E-state index in [1.807, 2.05) is 13.8 Å². The quantitative estimate of drug-likeness (QED) is 0.891. The minimum Gasteiger partial charge on any atom is -0.476 e. The second-order valence-corrected chi connectivity index (χ2v) is 3.72. The monoisotopic (exact) mass is 246 g/mol. The van der Waals surface area contributed by atoms with Gasteiger partial charge in [-0.15, -0.1) is 0 Å². The Labute approximate surface area is 84.7 Å². The SMILES string of the molecule is CCC(C)n1cc(Br)c(C(=O)O)n1. The van der Waals surface area contributed by atoms with Crippen LogP contribution in [0.4, 0.5) is 0 Å². The Morgan fingerprint density at radius 2 is 2.46 bits per heavy atom. The van der Waals surface area contributed by atoms with E-state index in [9.17, 15) is 4.79 Å². The predicted molar refractivity (Wildman–Crippen MR) is 51.9 cm³/mol. The molecule has 0 aliphatic heterocycles. The lowest BCUT2D eigenvalue weighted by molar-refractivity contribution is 0.0688. The first-order valence-electron chi connectivity index (χ1n) is 4.04. The maximum Gasteiger partial charge on any atom is 0.357 e. The zero-order valence-corrected chi connectivity index (χ0v) is 9.08. The molecule has 1 N–H and O–H groups in total. The molecule has 13 heavy (non-hydrogen) atoms. The Hall–Kier alpha value is -0.840. The first kappa shape index (κ1) is 10.2. The van der Waals surface area contributed by atoms with Crippen LogP contribution in [0.3, 0.4) is 0 Å². The van der Waals surface area contributed by atoms with Crippen LogP contribution in [-0.4, -0.2) is 20.9 Å². The van der Waals surface area contributed by atoms with Crippen LogP contribution >= 0.6 is 15.9 Å². The summed E-state index contributed by atoms with van der Waals surface area (Å²) in [5, 5.41) is 12.7. The van der Waals surface area contributed by atoms with Crippen molar-refractivity contribution in [1.82, 2.24) is 9.78 Å². The number of rotatable bonds is 3. The molecule has 0 spiro atoms. The van der Waals surface area contributed by atoms with Crippen LogP contribution in [0.5, 0.6) is 0 Å². The molecule has 72 valence electrons. The van der Waals surface area contributed by atoms with Crippen molar-refractivity contribution in [2.45, 2.75) is 26.3 Å². The third-order valence-corrected chi connectivity index (χ3v) is 2.51. The van der Waals surface area contributed by atoms with Crippen LogP contribution in [0.15, 0.2) is 10.7 Å². The normalized spacial score (nSPS) is 12.8. The summed E-state index contributed by atoms with van der Waals surface area (Å²) in [7, 11) is 0. The Morgan fingerprint density at radius 3 is 2.85 bits per heavy atom. The number of halogens is 1. The molecule has 0 fully saturated rings. The molecule has 1 unspecified atom stereocenters. The first-order chi connectivity index (χ1) is 6.06. The minimum atomic E-state index is -1.01. The maximum absolute atomic E-state index is 10.6. The highest BCUT2D eigenvalue weighted by atomic mass is 79.9. The van der Waals surface area contributed by atoms with Gasteiger partial charge >= 0.3 is 5.97 Å². The molecule has 4 nitrogen and oxygen atoms in total. The number of carboxylic acids is 1. The second-order valence-electron chi connectivity index (χ2n) is 2.87. The summed E-state index contributed by atoms with van der Waals surface area (Å²) >= 11 is 3.15. The summed E-state index contributed by atoms with van der Waals surface area (Å²) in [6.45, 7) is 4.02. The molecule has 0 aromatic carbocycles. The van der Waals surface area contributed by atoms with E-state index in [-0.39, 0.29) is 11.7 Å². The van der Waals surface area contributed by atoms with Gasteiger partial charge in [0.2, 0.25) is 0 Å². The number of nitrogens with zero attached hydrogens (tertiary/aromatic N) is 2. The zero-order chi connectivity index (χ0) is 10.0. The highest BCUT2D eigenvalue weighted by Gasteiger charge is 2.15. The summed E-state index contributed by atoms with van der Waals surface area (Å²) in [4.78, 5) is 10.6. The van der Waals surface area contributed by atoms with Gasteiger partial charge in [0.05, 0.1) is 4.47 Å². The van der Waals surface area contributed by atoms with Gasteiger partial charge in [0.25, 0.3) is 0 Å². The van der Waals surface area contributed by atoms with Crippen molar-refractivity contribution in [3.05, 3.63) is 16.4 Å². The number of carbonyl (C=O) groups is 1. The zero-order valence-electron chi connectivity index (χ0n) is 7.49. The smallest absolute Gasteiger partial charge is 0.357 e. The molecule has 0 bridgehead atoms. The van der Waals surface area contributed by atoms with E-state index in [1.165, 1.54) is 0 Å². The highest BCUT2D eigenvalue weighted by molar-refractivity contribution is 9.10. The molecule has 1 heterocycles. The largest absolute Gasteiger partial charge is 0.476 e. The lowest BCUT2D eigenvalue weighted by atomic mass is 10.3. The average molecular weight is 247 g/mol. The van der Waals surface area contributed by atoms with Crippen LogP contribution in [0, 0.1) is 0 Å². The van der Waals surface area contributed by atoms with Gasteiger partial charge in [-0.1, -0.05) is 6.92 Å². The molecule has 0 radical (unpaired) electrons. The van der Waals surface area contributed by atoms with Crippen LogP contribution in [-0.2, 0) is 0 Å². The van der Waals surface area contributed by atoms with Gasteiger partial charge in [0, 0.05) is 12.2 Å². The topological polar surface area (TPSA) is 55.1 Å². The van der Waals surface area contributed by atoms with Gasteiger partial charge in [-0.05, 0) is 29.3 Å². The van der Waals surface area contributed by atoms with Crippen molar-refractivity contribution in [2.75, 3.05) is 0 Å². The molecule has 0 aliphatic rings. The van der Waals surface area contributed by atoms with E-state index in [0.717, 1.165) is 6.42 Å². The lowest BCUT2D eigenvalue weighted by Gasteiger charge is -2.07. The molecule has 0 saturated carbocycles. The molecule has 1 atom stereocenters. The van der Waals surface area contributed by atoms with Crippen molar-refractivity contribution in [3.63, 3.8) is 0 Å². The summed E-state index contributed by atoms with van der Waals surface area (Å²) in [5.41, 5.74) is 0.0697. The average Bonchev–Trinajstić information content (AvgIpc) is 2.46. The molecule has 0 amide bonds.